The monoisotopic (exact) mass is 303 g/mol. The fourth-order valence-corrected chi connectivity index (χ4v) is 2.68. The summed E-state index contributed by atoms with van der Waals surface area (Å²) >= 11 is 1.56. The summed E-state index contributed by atoms with van der Waals surface area (Å²) in [5, 5.41) is 8.68. The van der Waals surface area contributed by atoms with E-state index in [1.165, 1.54) is 10.8 Å². The molecule has 2 rings (SSSR count). The number of hydrogen-bond acceptors (Lipinski definition) is 4. The van der Waals surface area contributed by atoms with Crippen LogP contribution in [0.15, 0.2) is 42.5 Å². The number of benzene rings is 2. The SMILES string of the molecule is NCCSCC(=O)NCCNc1cccc2ccccc12. The molecule has 0 atom stereocenters. The summed E-state index contributed by atoms with van der Waals surface area (Å²) in [4.78, 5) is 11.5. The molecule has 0 fully saturated rings. The Balaban J connectivity index is 1.76. The first kappa shape index (κ1) is 15.7. The zero-order valence-corrected chi connectivity index (χ0v) is 12.8. The lowest BCUT2D eigenvalue weighted by Gasteiger charge is -2.10. The van der Waals surface area contributed by atoms with Crippen LogP contribution in [0.25, 0.3) is 10.8 Å². The highest BCUT2D eigenvalue weighted by molar-refractivity contribution is 7.99. The quantitative estimate of drug-likeness (QED) is 0.653. The molecule has 4 N–H and O–H groups in total. The van der Waals surface area contributed by atoms with Crippen molar-refractivity contribution in [3.8, 4) is 0 Å². The van der Waals surface area contributed by atoms with Crippen molar-refractivity contribution in [3.05, 3.63) is 42.5 Å². The third-order valence-electron chi connectivity index (χ3n) is 3.05. The van der Waals surface area contributed by atoms with E-state index in [0.29, 0.717) is 25.4 Å². The lowest BCUT2D eigenvalue weighted by molar-refractivity contribution is -0.118. The topological polar surface area (TPSA) is 67.2 Å². The maximum atomic E-state index is 11.5. The molecule has 0 aliphatic carbocycles. The Morgan fingerprint density at radius 3 is 2.76 bits per heavy atom. The molecule has 0 aromatic heterocycles. The van der Waals surface area contributed by atoms with Crippen LogP contribution in [-0.2, 0) is 4.79 Å². The van der Waals surface area contributed by atoms with Gasteiger partial charge in [0.1, 0.15) is 0 Å². The van der Waals surface area contributed by atoms with E-state index >= 15 is 0 Å². The Hall–Kier alpha value is -1.72. The smallest absolute Gasteiger partial charge is 0.230 e. The van der Waals surface area contributed by atoms with Crippen LogP contribution in [0.3, 0.4) is 0 Å². The summed E-state index contributed by atoms with van der Waals surface area (Å²) in [6.45, 7) is 1.94. The number of thioether (sulfide) groups is 1. The van der Waals surface area contributed by atoms with E-state index < -0.39 is 0 Å². The zero-order chi connectivity index (χ0) is 14.9. The second kappa shape index (κ2) is 8.54. The summed E-state index contributed by atoms with van der Waals surface area (Å²) in [7, 11) is 0. The molecule has 0 spiro atoms. The van der Waals surface area contributed by atoms with Crippen molar-refractivity contribution in [1.82, 2.24) is 5.32 Å². The van der Waals surface area contributed by atoms with Crippen LogP contribution in [0.4, 0.5) is 5.69 Å². The van der Waals surface area contributed by atoms with Crippen LogP contribution in [0, 0.1) is 0 Å². The van der Waals surface area contributed by atoms with Gasteiger partial charge in [-0.05, 0) is 11.5 Å². The minimum absolute atomic E-state index is 0.0631. The van der Waals surface area contributed by atoms with Crippen LogP contribution in [0.1, 0.15) is 0 Å². The molecule has 4 nitrogen and oxygen atoms in total. The van der Waals surface area contributed by atoms with Gasteiger partial charge in [0, 0.05) is 36.5 Å². The molecule has 0 unspecified atom stereocenters. The molecule has 0 aliphatic rings. The number of rotatable bonds is 8. The number of hydrogen-bond donors (Lipinski definition) is 3. The number of carbonyl (C=O) groups is 1. The van der Waals surface area contributed by atoms with Gasteiger partial charge in [0.25, 0.3) is 0 Å². The van der Waals surface area contributed by atoms with Gasteiger partial charge in [-0.3, -0.25) is 4.79 Å². The van der Waals surface area contributed by atoms with E-state index in [2.05, 4.69) is 34.9 Å². The molecule has 0 saturated carbocycles. The van der Waals surface area contributed by atoms with Crippen molar-refractivity contribution in [2.45, 2.75) is 0 Å². The number of anilines is 1. The van der Waals surface area contributed by atoms with Gasteiger partial charge in [-0.1, -0.05) is 36.4 Å². The van der Waals surface area contributed by atoms with E-state index in [0.717, 1.165) is 11.4 Å². The van der Waals surface area contributed by atoms with E-state index in [-0.39, 0.29) is 5.91 Å². The number of fused-ring (bicyclic) bond motifs is 1. The van der Waals surface area contributed by atoms with E-state index in [9.17, 15) is 4.79 Å². The van der Waals surface area contributed by atoms with Crippen LogP contribution >= 0.6 is 11.8 Å². The Labute approximate surface area is 129 Å². The van der Waals surface area contributed by atoms with Crippen LogP contribution in [0.2, 0.25) is 0 Å². The van der Waals surface area contributed by atoms with Gasteiger partial charge in [0.05, 0.1) is 5.75 Å². The minimum atomic E-state index is 0.0631. The zero-order valence-electron chi connectivity index (χ0n) is 12.0. The molecule has 0 aliphatic heterocycles. The van der Waals surface area contributed by atoms with Gasteiger partial charge >= 0.3 is 0 Å². The van der Waals surface area contributed by atoms with Crippen LogP contribution in [-0.4, -0.2) is 37.0 Å². The summed E-state index contributed by atoms with van der Waals surface area (Å²) in [6, 6.07) is 14.4. The number of nitrogens with two attached hydrogens (primary N) is 1. The maximum Gasteiger partial charge on any atom is 0.230 e. The van der Waals surface area contributed by atoms with Gasteiger partial charge < -0.3 is 16.4 Å². The first-order valence-electron chi connectivity index (χ1n) is 7.07. The normalized spacial score (nSPS) is 10.5. The summed E-state index contributed by atoms with van der Waals surface area (Å²) in [5.74, 6) is 1.36. The van der Waals surface area contributed by atoms with Crippen molar-refractivity contribution in [2.24, 2.45) is 5.73 Å². The first-order valence-corrected chi connectivity index (χ1v) is 8.23. The van der Waals surface area contributed by atoms with Gasteiger partial charge in [0.2, 0.25) is 5.91 Å². The summed E-state index contributed by atoms with van der Waals surface area (Å²) < 4.78 is 0. The van der Waals surface area contributed by atoms with E-state index in [1.54, 1.807) is 11.8 Å². The largest absolute Gasteiger partial charge is 0.383 e. The Morgan fingerprint density at radius 1 is 1.10 bits per heavy atom. The maximum absolute atomic E-state index is 11.5. The molecule has 21 heavy (non-hydrogen) atoms. The molecular weight excluding hydrogens is 282 g/mol. The fraction of sp³-hybridized carbons (Fsp3) is 0.312. The third kappa shape index (κ3) is 4.95. The van der Waals surface area contributed by atoms with Crippen LogP contribution in [0.5, 0.6) is 0 Å². The molecule has 0 heterocycles. The third-order valence-corrected chi connectivity index (χ3v) is 4.04. The molecular formula is C16H21N3OS. The molecule has 112 valence electrons. The molecule has 0 radical (unpaired) electrons. The van der Waals surface area contributed by atoms with Gasteiger partial charge in [0.15, 0.2) is 0 Å². The molecule has 2 aromatic rings. The standard InChI is InChI=1S/C16H21N3OS/c17-8-11-21-12-16(20)19-10-9-18-15-7-3-5-13-4-1-2-6-14(13)15/h1-7,18H,8-12,17H2,(H,19,20). The van der Waals surface area contributed by atoms with E-state index in [1.807, 2.05) is 18.2 Å². The van der Waals surface area contributed by atoms with Crippen LogP contribution < -0.4 is 16.4 Å². The van der Waals surface area contributed by atoms with Crippen molar-refractivity contribution >= 4 is 34.1 Å². The average molecular weight is 303 g/mol. The average Bonchev–Trinajstić information content (AvgIpc) is 2.52. The highest BCUT2D eigenvalue weighted by Crippen LogP contribution is 2.22. The Bertz CT molecular complexity index is 583. The highest BCUT2D eigenvalue weighted by atomic mass is 32.2. The Kier molecular flexibility index (Phi) is 6.37. The number of carbonyl (C=O) groups excluding carboxylic acids is 1. The summed E-state index contributed by atoms with van der Waals surface area (Å²) in [6.07, 6.45) is 0. The summed E-state index contributed by atoms with van der Waals surface area (Å²) in [5.41, 5.74) is 6.48. The Morgan fingerprint density at radius 2 is 1.90 bits per heavy atom. The predicted molar refractivity (Wildman–Crippen MR) is 91.8 cm³/mol. The van der Waals surface area contributed by atoms with Crippen molar-refractivity contribution in [1.29, 1.82) is 0 Å². The lowest BCUT2D eigenvalue weighted by Crippen LogP contribution is -2.30. The molecule has 5 heteroatoms. The van der Waals surface area contributed by atoms with Crippen molar-refractivity contribution in [2.75, 3.05) is 36.5 Å². The second-order valence-corrected chi connectivity index (χ2v) is 5.75. The number of amides is 1. The highest BCUT2D eigenvalue weighted by Gasteiger charge is 2.01. The minimum Gasteiger partial charge on any atom is -0.383 e. The van der Waals surface area contributed by atoms with E-state index in [4.69, 9.17) is 5.73 Å². The van der Waals surface area contributed by atoms with Gasteiger partial charge in [-0.15, -0.1) is 0 Å². The predicted octanol–water partition coefficient (Wildman–Crippen LogP) is 2.06. The molecule has 2 aromatic carbocycles. The number of nitrogens with one attached hydrogen (secondary N) is 2. The van der Waals surface area contributed by atoms with Gasteiger partial charge in [-0.2, -0.15) is 11.8 Å². The lowest BCUT2D eigenvalue weighted by atomic mass is 10.1. The fourth-order valence-electron chi connectivity index (χ4n) is 2.08. The molecule has 0 saturated heterocycles. The van der Waals surface area contributed by atoms with Crippen molar-refractivity contribution in [3.63, 3.8) is 0 Å². The van der Waals surface area contributed by atoms with Crippen molar-refractivity contribution < 1.29 is 4.79 Å². The molecule has 0 bridgehead atoms. The van der Waals surface area contributed by atoms with Gasteiger partial charge in [-0.25, -0.2) is 0 Å². The second-order valence-electron chi connectivity index (χ2n) is 4.64. The first-order chi connectivity index (χ1) is 10.3. The molecule has 1 amide bonds.